The van der Waals surface area contributed by atoms with Crippen molar-refractivity contribution in [3.05, 3.63) is 23.3 Å². The molecule has 0 aliphatic carbocycles. The predicted molar refractivity (Wildman–Crippen MR) is 60.4 cm³/mol. The highest BCUT2D eigenvalue weighted by Gasteiger charge is 2.24. The SMILES string of the molecule is N#Cc1ccc(OC(F)F)c(CCl)c1S(=O)(=O)Cl. The van der Waals surface area contributed by atoms with Crippen LogP contribution in [-0.2, 0) is 14.9 Å². The van der Waals surface area contributed by atoms with E-state index in [9.17, 15) is 17.2 Å². The molecule has 1 rings (SSSR count). The van der Waals surface area contributed by atoms with E-state index in [1.54, 1.807) is 6.07 Å². The van der Waals surface area contributed by atoms with E-state index in [-0.39, 0.29) is 11.1 Å². The lowest BCUT2D eigenvalue weighted by molar-refractivity contribution is -0.0505. The summed E-state index contributed by atoms with van der Waals surface area (Å²) in [6.07, 6.45) is 0. The summed E-state index contributed by atoms with van der Waals surface area (Å²) in [7, 11) is 0.848. The van der Waals surface area contributed by atoms with Gasteiger partial charge in [0.25, 0.3) is 9.05 Å². The Morgan fingerprint density at radius 3 is 2.44 bits per heavy atom. The van der Waals surface area contributed by atoms with Gasteiger partial charge in [-0.1, -0.05) is 0 Å². The van der Waals surface area contributed by atoms with Crippen LogP contribution in [0.25, 0.3) is 0 Å². The van der Waals surface area contributed by atoms with Crippen LogP contribution >= 0.6 is 22.3 Å². The fourth-order valence-electron chi connectivity index (χ4n) is 1.31. The van der Waals surface area contributed by atoms with Crippen molar-refractivity contribution in [3.63, 3.8) is 0 Å². The predicted octanol–water partition coefficient (Wildman–Crippen LogP) is 2.83. The van der Waals surface area contributed by atoms with Crippen molar-refractivity contribution in [2.45, 2.75) is 17.4 Å². The van der Waals surface area contributed by atoms with E-state index in [4.69, 9.17) is 27.5 Å². The first kappa shape index (κ1) is 15.0. The van der Waals surface area contributed by atoms with Gasteiger partial charge >= 0.3 is 6.61 Å². The molecule has 4 nitrogen and oxygen atoms in total. The molecule has 0 N–H and O–H groups in total. The zero-order valence-electron chi connectivity index (χ0n) is 8.53. The molecule has 0 spiro atoms. The van der Waals surface area contributed by atoms with E-state index in [2.05, 4.69) is 4.74 Å². The quantitative estimate of drug-likeness (QED) is 0.633. The smallest absolute Gasteiger partial charge is 0.387 e. The number of benzene rings is 1. The maximum absolute atomic E-state index is 12.1. The molecule has 0 aliphatic heterocycles. The minimum absolute atomic E-state index is 0.272. The van der Waals surface area contributed by atoms with Crippen molar-refractivity contribution in [2.75, 3.05) is 0 Å². The summed E-state index contributed by atoms with van der Waals surface area (Å²) in [4.78, 5) is -0.611. The number of halogens is 4. The van der Waals surface area contributed by atoms with Gasteiger partial charge in [0.05, 0.1) is 11.4 Å². The molecule has 0 heterocycles. The fourth-order valence-corrected chi connectivity index (χ4v) is 3.03. The molecule has 1 aromatic carbocycles. The van der Waals surface area contributed by atoms with E-state index >= 15 is 0 Å². The minimum atomic E-state index is -4.31. The molecule has 98 valence electrons. The highest BCUT2D eigenvalue weighted by Crippen LogP contribution is 2.33. The van der Waals surface area contributed by atoms with E-state index in [0.29, 0.717) is 0 Å². The Morgan fingerprint density at radius 2 is 2.06 bits per heavy atom. The molecule has 0 saturated carbocycles. The lowest BCUT2D eigenvalue weighted by Crippen LogP contribution is -2.08. The van der Waals surface area contributed by atoms with Crippen LogP contribution in [0.3, 0.4) is 0 Å². The van der Waals surface area contributed by atoms with Crippen LogP contribution in [0.4, 0.5) is 8.78 Å². The van der Waals surface area contributed by atoms with E-state index in [1.807, 2.05) is 0 Å². The monoisotopic (exact) mass is 315 g/mol. The molecule has 0 aliphatic rings. The second kappa shape index (κ2) is 5.69. The van der Waals surface area contributed by atoms with Crippen LogP contribution in [0.1, 0.15) is 11.1 Å². The van der Waals surface area contributed by atoms with Gasteiger partial charge in [0.1, 0.15) is 16.7 Å². The van der Waals surface area contributed by atoms with Crippen molar-refractivity contribution in [1.82, 2.24) is 0 Å². The number of ether oxygens (including phenoxy) is 1. The summed E-state index contributed by atoms with van der Waals surface area (Å²) in [5.41, 5.74) is -0.562. The molecule has 0 atom stereocenters. The number of rotatable bonds is 4. The number of alkyl halides is 3. The molecule has 0 fully saturated rings. The van der Waals surface area contributed by atoms with Gasteiger partial charge in [-0.2, -0.15) is 14.0 Å². The molecular formula is C9H5Cl2F2NO3S. The van der Waals surface area contributed by atoms with Crippen LogP contribution < -0.4 is 4.74 Å². The van der Waals surface area contributed by atoms with E-state index < -0.39 is 32.2 Å². The van der Waals surface area contributed by atoms with Crippen LogP contribution in [0.2, 0.25) is 0 Å². The van der Waals surface area contributed by atoms with Gasteiger partial charge in [-0.05, 0) is 12.1 Å². The number of hydrogen-bond acceptors (Lipinski definition) is 4. The highest BCUT2D eigenvalue weighted by atomic mass is 35.7. The normalized spacial score (nSPS) is 11.3. The van der Waals surface area contributed by atoms with Crippen molar-refractivity contribution >= 4 is 31.3 Å². The van der Waals surface area contributed by atoms with E-state index in [1.165, 1.54) is 0 Å². The Bertz CT molecular complexity index is 599. The summed E-state index contributed by atoms with van der Waals surface area (Å²) in [5, 5.41) is 8.77. The summed E-state index contributed by atoms with van der Waals surface area (Å²) in [6, 6.07) is 3.64. The minimum Gasteiger partial charge on any atom is -0.434 e. The number of nitriles is 1. The van der Waals surface area contributed by atoms with Gasteiger partial charge in [-0.3, -0.25) is 0 Å². The van der Waals surface area contributed by atoms with Gasteiger partial charge in [0.15, 0.2) is 0 Å². The second-order valence-electron chi connectivity index (χ2n) is 2.98. The molecule has 0 unspecified atom stereocenters. The topological polar surface area (TPSA) is 67.2 Å². The molecule has 0 radical (unpaired) electrons. The first-order valence-electron chi connectivity index (χ1n) is 4.32. The summed E-state index contributed by atoms with van der Waals surface area (Å²) in [6.45, 7) is -3.15. The third kappa shape index (κ3) is 3.22. The van der Waals surface area contributed by atoms with Crippen LogP contribution in [0.5, 0.6) is 5.75 Å². The largest absolute Gasteiger partial charge is 0.434 e. The van der Waals surface area contributed by atoms with Gasteiger partial charge in [-0.25, -0.2) is 8.42 Å². The lowest BCUT2D eigenvalue weighted by atomic mass is 10.1. The van der Waals surface area contributed by atoms with Crippen LogP contribution in [-0.4, -0.2) is 15.0 Å². The van der Waals surface area contributed by atoms with Crippen molar-refractivity contribution in [1.29, 1.82) is 5.26 Å². The molecule has 0 aromatic heterocycles. The van der Waals surface area contributed by atoms with Gasteiger partial charge in [-0.15, -0.1) is 11.6 Å². The molecule has 0 amide bonds. The molecule has 0 bridgehead atoms. The average Bonchev–Trinajstić information content (AvgIpc) is 2.26. The lowest BCUT2D eigenvalue weighted by Gasteiger charge is -2.12. The molecule has 9 heteroatoms. The molecule has 18 heavy (non-hydrogen) atoms. The first-order valence-corrected chi connectivity index (χ1v) is 7.17. The second-order valence-corrected chi connectivity index (χ2v) is 5.75. The van der Waals surface area contributed by atoms with Gasteiger partial charge < -0.3 is 4.74 Å². The van der Waals surface area contributed by atoms with Crippen molar-refractivity contribution in [3.8, 4) is 11.8 Å². The van der Waals surface area contributed by atoms with Crippen molar-refractivity contribution in [2.24, 2.45) is 0 Å². The van der Waals surface area contributed by atoms with Gasteiger partial charge in [0.2, 0.25) is 0 Å². The third-order valence-corrected chi connectivity index (χ3v) is 3.62. The zero-order chi connectivity index (χ0) is 13.9. The maximum Gasteiger partial charge on any atom is 0.387 e. The van der Waals surface area contributed by atoms with Crippen molar-refractivity contribution < 1.29 is 21.9 Å². The summed E-state index contributed by atoms with van der Waals surface area (Å²) >= 11 is 5.50. The summed E-state index contributed by atoms with van der Waals surface area (Å²) in [5.74, 6) is -0.878. The average molecular weight is 316 g/mol. The fraction of sp³-hybridized carbons (Fsp3) is 0.222. The molecule has 1 aromatic rings. The Hall–Kier alpha value is -1.10. The summed E-state index contributed by atoms with van der Waals surface area (Å²) < 4.78 is 51.1. The number of hydrogen-bond donors (Lipinski definition) is 0. The molecule has 0 saturated heterocycles. The standard InChI is InChI=1S/C9H5Cl2F2NO3S/c10-3-6-7(17-9(12)13)2-1-5(4-14)8(6)18(11,15)16/h1-2,9H,3H2. The van der Waals surface area contributed by atoms with Crippen LogP contribution in [0.15, 0.2) is 17.0 Å². The zero-order valence-corrected chi connectivity index (χ0v) is 10.9. The third-order valence-electron chi connectivity index (χ3n) is 1.93. The maximum atomic E-state index is 12.1. The first-order chi connectivity index (χ1) is 8.31. The molecular weight excluding hydrogens is 311 g/mol. The Morgan fingerprint density at radius 1 is 1.44 bits per heavy atom. The Balaban J connectivity index is 3.59. The highest BCUT2D eigenvalue weighted by molar-refractivity contribution is 8.13. The van der Waals surface area contributed by atoms with Gasteiger partial charge in [0, 0.05) is 16.2 Å². The number of nitrogens with zero attached hydrogens (tertiary/aromatic N) is 1. The van der Waals surface area contributed by atoms with Crippen LogP contribution in [0, 0.1) is 11.3 Å². The van der Waals surface area contributed by atoms with E-state index in [0.717, 1.165) is 12.1 Å². The Labute approximate surface area is 111 Å². The Kier molecular flexibility index (Phi) is 4.73.